The Balaban J connectivity index is 1.60. The molecule has 0 aliphatic carbocycles. The Labute approximate surface area is 129 Å². The van der Waals surface area contributed by atoms with E-state index in [9.17, 15) is 4.79 Å². The van der Waals surface area contributed by atoms with Crippen molar-refractivity contribution in [1.82, 2.24) is 25.1 Å². The van der Waals surface area contributed by atoms with E-state index >= 15 is 0 Å². The van der Waals surface area contributed by atoms with Gasteiger partial charge in [0.1, 0.15) is 12.9 Å². The largest absolute Gasteiger partial charge is 0.368 e. The van der Waals surface area contributed by atoms with Gasteiger partial charge in [-0.15, -0.1) is 5.10 Å². The number of anilines is 1. The molecular weight excluding hydrogens is 280 g/mol. The van der Waals surface area contributed by atoms with Crippen molar-refractivity contribution in [2.75, 3.05) is 31.1 Å². The molecule has 1 aliphatic heterocycles. The normalized spacial score (nSPS) is 15.2. The van der Waals surface area contributed by atoms with Gasteiger partial charge in [0.2, 0.25) is 5.91 Å². The van der Waals surface area contributed by atoms with Crippen LogP contribution in [0.2, 0.25) is 0 Å². The van der Waals surface area contributed by atoms with Crippen molar-refractivity contribution in [3.8, 4) is 0 Å². The Morgan fingerprint density at radius 2 is 1.95 bits per heavy atom. The van der Waals surface area contributed by atoms with Crippen molar-refractivity contribution < 1.29 is 4.79 Å². The predicted molar refractivity (Wildman–Crippen MR) is 82.5 cm³/mol. The predicted octanol–water partition coefficient (Wildman–Crippen LogP) is 0.639. The number of benzene rings is 1. The zero-order valence-corrected chi connectivity index (χ0v) is 12.9. The average Bonchev–Trinajstić information content (AvgIpc) is 3.03. The molecule has 0 N–H and O–H groups in total. The molecule has 2 aromatic rings. The summed E-state index contributed by atoms with van der Waals surface area (Å²) >= 11 is 0. The second kappa shape index (κ2) is 6.13. The molecule has 1 aromatic heterocycles. The highest BCUT2D eigenvalue weighted by Crippen LogP contribution is 2.23. The van der Waals surface area contributed by atoms with E-state index in [0.29, 0.717) is 0 Å². The van der Waals surface area contributed by atoms with Crippen molar-refractivity contribution in [2.24, 2.45) is 0 Å². The topological polar surface area (TPSA) is 67.2 Å². The van der Waals surface area contributed by atoms with Crippen LogP contribution in [-0.2, 0) is 11.3 Å². The number of piperazine rings is 1. The number of aromatic nitrogens is 4. The Kier molecular flexibility index (Phi) is 4.04. The second-order valence-electron chi connectivity index (χ2n) is 5.59. The third kappa shape index (κ3) is 2.93. The minimum atomic E-state index is 0.0629. The number of carbonyl (C=O) groups excluding carboxylic acids is 1. The SMILES string of the molecule is Cc1cccc(N2CCN(C(=O)Cn3cnnn3)CC2)c1C. The van der Waals surface area contributed by atoms with E-state index in [-0.39, 0.29) is 12.5 Å². The summed E-state index contributed by atoms with van der Waals surface area (Å²) in [6.45, 7) is 7.65. The van der Waals surface area contributed by atoms with Gasteiger partial charge in [-0.2, -0.15) is 0 Å². The zero-order chi connectivity index (χ0) is 15.5. The van der Waals surface area contributed by atoms with Crippen LogP contribution >= 0.6 is 0 Å². The molecule has 0 saturated carbocycles. The van der Waals surface area contributed by atoms with Gasteiger partial charge in [0.05, 0.1) is 0 Å². The first kappa shape index (κ1) is 14.5. The molecular formula is C15H20N6O. The molecule has 116 valence electrons. The summed E-state index contributed by atoms with van der Waals surface area (Å²) in [5.41, 5.74) is 3.89. The highest BCUT2D eigenvalue weighted by Gasteiger charge is 2.22. The maximum absolute atomic E-state index is 12.2. The lowest BCUT2D eigenvalue weighted by molar-refractivity contribution is -0.132. The van der Waals surface area contributed by atoms with Crippen molar-refractivity contribution in [2.45, 2.75) is 20.4 Å². The highest BCUT2D eigenvalue weighted by atomic mass is 16.2. The van der Waals surface area contributed by atoms with Crippen LogP contribution in [0, 0.1) is 13.8 Å². The van der Waals surface area contributed by atoms with E-state index in [0.717, 1.165) is 26.2 Å². The molecule has 7 nitrogen and oxygen atoms in total. The molecule has 1 fully saturated rings. The van der Waals surface area contributed by atoms with E-state index in [2.05, 4.69) is 52.5 Å². The maximum atomic E-state index is 12.2. The van der Waals surface area contributed by atoms with E-state index in [4.69, 9.17) is 0 Å². The molecule has 1 saturated heterocycles. The smallest absolute Gasteiger partial charge is 0.244 e. The minimum Gasteiger partial charge on any atom is -0.368 e. The van der Waals surface area contributed by atoms with Crippen LogP contribution in [-0.4, -0.2) is 57.2 Å². The van der Waals surface area contributed by atoms with E-state index in [1.807, 2.05) is 4.90 Å². The molecule has 3 rings (SSSR count). The van der Waals surface area contributed by atoms with Crippen molar-refractivity contribution in [1.29, 1.82) is 0 Å². The molecule has 1 aliphatic rings. The first-order valence-corrected chi connectivity index (χ1v) is 7.45. The fraction of sp³-hybridized carbons (Fsp3) is 0.467. The van der Waals surface area contributed by atoms with Crippen LogP contribution < -0.4 is 4.90 Å². The summed E-state index contributed by atoms with van der Waals surface area (Å²) in [7, 11) is 0. The molecule has 0 unspecified atom stereocenters. The molecule has 0 spiro atoms. The fourth-order valence-corrected chi connectivity index (χ4v) is 2.77. The van der Waals surface area contributed by atoms with Crippen LogP contribution in [0.15, 0.2) is 24.5 Å². The standard InChI is InChI=1S/C15H20N6O/c1-12-4-3-5-14(13(12)2)19-6-8-20(9-7-19)15(22)10-21-11-16-17-18-21/h3-5,11H,6-10H2,1-2H3. The molecule has 2 heterocycles. The van der Waals surface area contributed by atoms with Gasteiger partial charge in [-0.05, 0) is 41.5 Å². The van der Waals surface area contributed by atoms with E-state index in [1.165, 1.54) is 27.8 Å². The van der Waals surface area contributed by atoms with Gasteiger partial charge in [-0.3, -0.25) is 4.79 Å². The highest BCUT2D eigenvalue weighted by molar-refractivity contribution is 5.76. The number of nitrogens with zero attached hydrogens (tertiary/aromatic N) is 6. The lowest BCUT2D eigenvalue weighted by atomic mass is 10.1. The molecule has 0 bridgehead atoms. The third-order valence-corrected chi connectivity index (χ3v) is 4.24. The Morgan fingerprint density at radius 1 is 1.18 bits per heavy atom. The monoisotopic (exact) mass is 300 g/mol. The number of hydrogen-bond donors (Lipinski definition) is 0. The van der Waals surface area contributed by atoms with E-state index < -0.39 is 0 Å². The van der Waals surface area contributed by atoms with Gasteiger partial charge in [-0.1, -0.05) is 12.1 Å². The van der Waals surface area contributed by atoms with Gasteiger partial charge in [0.25, 0.3) is 0 Å². The lowest BCUT2D eigenvalue weighted by Gasteiger charge is -2.37. The average molecular weight is 300 g/mol. The summed E-state index contributed by atoms with van der Waals surface area (Å²) in [6.07, 6.45) is 1.46. The maximum Gasteiger partial charge on any atom is 0.244 e. The van der Waals surface area contributed by atoms with Gasteiger partial charge in [0, 0.05) is 31.9 Å². The number of rotatable bonds is 3. The van der Waals surface area contributed by atoms with E-state index in [1.54, 1.807) is 0 Å². The van der Waals surface area contributed by atoms with Gasteiger partial charge >= 0.3 is 0 Å². The molecule has 1 amide bonds. The first-order valence-electron chi connectivity index (χ1n) is 7.45. The van der Waals surface area contributed by atoms with Crippen LogP contribution in [0.1, 0.15) is 11.1 Å². The number of tetrazole rings is 1. The number of hydrogen-bond acceptors (Lipinski definition) is 5. The summed E-state index contributed by atoms with van der Waals surface area (Å²) in [5, 5.41) is 10.8. The Morgan fingerprint density at radius 3 is 2.64 bits per heavy atom. The molecule has 0 atom stereocenters. The van der Waals surface area contributed by atoms with Crippen molar-refractivity contribution in [3.05, 3.63) is 35.7 Å². The summed E-state index contributed by atoms with van der Waals surface area (Å²) in [4.78, 5) is 16.4. The Hall–Kier alpha value is -2.44. The summed E-state index contributed by atoms with van der Waals surface area (Å²) in [5.74, 6) is 0.0629. The second-order valence-corrected chi connectivity index (χ2v) is 5.59. The third-order valence-electron chi connectivity index (χ3n) is 4.24. The quantitative estimate of drug-likeness (QED) is 0.832. The number of amides is 1. The molecule has 7 heteroatoms. The summed E-state index contributed by atoms with van der Waals surface area (Å²) < 4.78 is 1.46. The van der Waals surface area contributed by atoms with Crippen LogP contribution in [0.25, 0.3) is 0 Å². The van der Waals surface area contributed by atoms with Crippen LogP contribution in [0.3, 0.4) is 0 Å². The Bertz CT molecular complexity index is 646. The zero-order valence-electron chi connectivity index (χ0n) is 12.9. The van der Waals surface area contributed by atoms with Gasteiger partial charge in [0.15, 0.2) is 0 Å². The van der Waals surface area contributed by atoms with Crippen molar-refractivity contribution >= 4 is 11.6 Å². The molecule has 1 aromatic carbocycles. The lowest BCUT2D eigenvalue weighted by Crippen LogP contribution is -2.49. The van der Waals surface area contributed by atoms with Gasteiger partial charge < -0.3 is 9.80 Å². The number of carbonyl (C=O) groups is 1. The number of aryl methyl sites for hydroxylation is 1. The van der Waals surface area contributed by atoms with Crippen LogP contribution in [0.4, 0.5) is 5.69 Å². The fourth-order valence-electron chi connectivity index (χ4n) is 2.77. The molecule has 0 radical (unpaired) electrons. The minimum absolute atomic E-state index is 0.0629. The first-order chi connectivity index (χ1) is 10.6. The summed E-state index contributed by atoms with van der Waals surface area (Å²) in [6, 6.07) is 6.37. The molecule has 22 heavy (non-hydrogen) atoms. The van der Waals surface area contributed by atoms with Gasteiger partial charge in [-0.25, -0.2) is 4.68 Å². The van der Waals surface area contributed by atoms with Crippen molar-refractivity contribution in [3.63, 3.8) is 0 Å². The van der Waals surface area contributed by atoms with Crippen LogP contribution in [0.5, 0.6) is 0 Å².